The van der Waals surface area contributed by atoms with Crippen molar-refractivity contribution in [1.29, 1.82) is 0 Å². The molecule has 0 bridgehead atoms. The van der Waals surface area contributed by atoms with E-state index in [1.54, 1.807) is 0 Å². The molecule has 0 aliphatic heterocycles. The van der Waals surface area contributed by atoms with Gasteiger partial charge in [-0.2, -0.15) is 11.8 Å². The number of unbranched alkanes of at least 4 members (excludes halogenated alkanes) is 3. The SMILES string of the molecule is C[CH]SCCCCC/C=C/C. The molecule has 0 rings (SSSR count). The molecule has 0 aliphatic rings. The van der Waals surface area contributed by atoms with Gasteiger partial charge in [0, 0.05) is 5.75 Å². The summed E-state index contributed by atoms with van der Waals surface area (Å²) in [6, 6.07) is 0. The van der Waals surface area contributed by atoms with Crippen molar-refractivity contribution in [2.45, 2.75) is 39.5 Å². The summed E-state index contributed by atoms with van der Waals surface area (Å²) in [7, 11) is 0. The van der Waals surface area contributed by atoms with Crippen LogP contribution >= 0.6 is 11.8 Å². The smallest absolute Gasteiger partial charge is 0.0135 e. The number of hydrogen-bond acceptors (Lipinski definition) is 1. The third kappa shape index (κ3) is 10.1. The van der Waals surface area contributed by atoms with Gasteiger partial charge < -0.3 is 0 Å². The van der Waals surface area contributed by atoms with E-state index in [0.29, 0.717) is 0 Å². The molecule has 0 nitrogen and oxygen atoms in total. The minimum Gasteiger partial charge on any atom is -0.158 e. The molecule has 0 aliphatic carbocycles. The maximum atomic E-state index is 2.25. The third-order valence-corrected chi connectivity index (χ3v) is 2.39. The van der Waals surface area contributed by atoms with Crippen LogP contribution in [0.2, 0.25) is 0 Å². The lowest BCUT2D eigenvalue weighted by molar-refractivity contribution is 0.734. The lowest BCUT2D eigenvalue weighted by Gasteiger charge is -1.96. The van der Waals surface area contributed by atoms with Gasteiger partial charge >= 0.3 is 0 Å². The van der Waals surface area contributed by atoms with Gasteiger partial charge in [0.15, 0.2) is 0 Å². The fourth-order valence-corrected chi connectivity index (χ4v) is 1.52. The minimum absolute atomic E-state index is 1.26. The quantitative estimate of drug-likeness (QED) is 0.411. The minimum atomic E-state index is 1.26. The molecule has 1 heteroatoms. The standard InChI is InChI=1S/C10H19S/c1-3-5-6-7-8-9-10-11-4-2/h3-5H,6-10H2,1-2H3/b5-3+. The van der Waals surface area contributed by atoms with Gasteiger partial charge in [-0.05, 0) is 31.9 Å². The average Bonchev–Trinajstić information content (AvgIpc) is 2.03. The normalized spacial score (nSPS) is 11.1. The zero-order valence-electron chi connectivity index (χ0n) is 7.68. The molecule has 0 aromatic rings. The number of hydrogen-bond donors (Lipinski definition) is 0. The van der Waals surface area contributed by atoms with Gasteiger partial charge in [0.1, 0.15) is 0 Å². The maximum absolute atomic E-state index is 2.25. The Hall–Kier alpha value is 0.0900. The Morgan fingerprint density at radius 3 is 2.55 bits per heavy atom. The van der Waals surface area contributed by atoms with Gasteiger partial charge in [-0.1, -0.05) is 25.5 Å². The van der Waals surface area contributed by atoms with E-state index < -0.39 is 0 Å². The van der Waals surface area contributed by atoms with Crippen molar-refractivity contribution in [2.75, 3.05) is 5.75 Å². The Kier molecular flexibility index (Phi) is 10.2. The fourth-order valence-electron chi connectivity index (χ4n) is 0.909. The number of allylic oxidation sites excluding steroid dienone is 2. The van der Waals surface area contributed by atoms with E-state index in [0.717, 1.165) is 0 Å². The Morgan fingerprint density at radius 1 is 1.09 bits per heavy atom. The second-order valence-corrected chi connectivity index (χ2v) is 3.74. The van der Waals surface area contributed by atoms with Crippen molar-refractivity contribution in [3.05, 3.63) is 17.9 Å². The monoisotopic (exact) mass is 171 g/mol. The van der Waals surface area contributed by atoms with E-state index in [1.807, 2.05) is 11.8 Å². The molecule has 0 amide bonds. The Bertz CT molecular complexity index is 86.9. The molecular formula is C10H19S. The first-order valence-electron chi connectivity index (χ1n) is 4.42. The second kappa shape index (κ2) is 10.1. The van der Waals surface area contributed by atoms with Gasteiger partial charge in [-0.25, -0.2) is 0 Å². The first kappa shape index (κ1) is 11.1. The summed E-state index contributed by atoms with van der Waals surface area (Å²) in [5.74, 6) is 3.47. The van der Waals surface area contributed by atoms with Crippen molar-refractivity contribution >= 4 is 11.8 Å². The van der Waals surface area contributed by atoms with E-state index in [1.165, 1.54) is 31.4 Å². The molecular weight excluding hydrogens is 152 g/mol. The van der Waals surface area contributed by atoms with Gasteiger partial charge in [-0.15, -0.1) is 0 Å². The maximum Gasteiger partial charge on any atom is 0.0135 e. The molecule has 65 valence electrons. The van der Waals surface area contributed by atoms with E-state index in [4.69, 9.17) is 0 Å². The highest BCUT2D eigenvalue weighted by molar-refractivity contribution is 8.01. The molecule has 0 aromatic carbocycles. The summed E-state index contributed by atoms with van der Waals surface area (Å²) < 4.78 is 0. The van der Waals surface area contributed by atoms with Crippen LogP contribution in [0.3, 0.4) is 0 Å². The van der Waals surface area contributed by atoms with Gasteiger partial charge in [0.25, 0.3) is 0 Å². The third-order valence-electron chi connectivity index (χ3n) is 1.54. The summed E-state index contributed by atoms with van der Waals surface area (Å²) in [4.78, 5) is 0. The molecule has 0 saturated carbocycles. The molecule has 0 fully saturated rings. The average molecular weight is 171 g/mol. The van der Waals surface area contributed by atoms with Crippen LogP contribution in [-0.4, -0.2) is 5.75 Å². The van der Waals surface area contributed by atoms with Gasteiger partial charge in [-0.3, -0.25) is 0 Å². The molecule has 0 atom stereocenters. The summed E-state index contributed by atoms with van der Waals surface area (Å²) in [5, 5.41) is 0. The van der Waals surface area contributed by atoms with Crippen LogP contribution in [0.5, 0.6) is 0 Å². The Morgan fingerprint density at radius 2 is 1.91 bits per heavy atom. The van der Waals surface area contributed by atoms with E-state index in [2.05, 4.69) is 31.8 Å². The molecule has 0 N–H and O–H groups in total. The van der Waals surface area contributed by atoms with Crippen LogP contribution in [0, 0.1) is 5.75 Å². The van der Waals surface area contributed by atoms with Gasteiger partial charge in [0.2, 0.25) is 0 Å². The first-order valence-corrected chi connectivity index (χ1v) is 5.47. The fraction of sp³-hybridized carbons (Fsp3) is 0.700. The summed E-state index contributed by atoms with van der Waals surface area (Å²) in [6.07, 6.45) is 9.75. The van der Waals surface area contributed by atoms with E-state index >= 15 is 0 Å². The highest BCUT2D eigenvalue weighted by Gasteiger charge is 1.87. The molecule has 0 unspecified atom stereocenters. The number of rotatable bonds is 7. The van der Waals surface area contributed by atoms with Crippen LogP contribution < -0.4 is 0 Å². The van der Waals surface area contributed by atoms with Crippen LogP contribution in [0.25, 0.3) is 0 Å². The lowest BCUT2D eigenvalue weighted by atomic mass is 10.2. The van der Waals surface area contributed by atoms with E-state index in [9.17, 15) is 0 Å². The van der Waals surface area contributed by atoms with Crippen molar-refractivity contribution in [2.24, 2.45) is 0 Å². The lowest BCUT2D eigenvalue weighted by Crippen LogP contribution is -1.79. The van der Waals surface area contributed by atoms with Crippen LogP contribution in [0.1, 0.15) is 39.5 Å². The molecule has 0 spiro atoms. The summed E-state index contributed by atoms with van der Waals surface area (Å²) in [6.45, 7) is 4.19. The second-order valence-electron chi connectivity index (χ2n) is 2.52. The van der Waals surface area contributed by atoms with Crippen LogP contribution in [-0.2, 0) is 0 Å². The molecule has 0 saturated heterocycles. The molecule has 0 heterocycles. The largest absolute Gasteiger partial charge is 0.158 e. The van der Waals surface area contributed by atoms with Crippen molar-refractivity contribution in [3.8, 4) is 0 Å². The van der Waals surface area contributed by atoms with Crippen molar-refractivity contribution in [3.63, 3.8) is 0 Å². The van der Waals surface area contributed by atoms with E-state index in [-0.39, 0.29) is 0 Å². The van der Waals surface area contributed by atoms with Crippen LogP contribution in [0.4, 0.5) is 0 Å². The summed E-state index contributed by atoms with van der Waals surface area (Å²) in [5.41, 5.74) is 0. The topological polar surface area (TPSA) is 0 Å². The molecule has 11 heavy (non-hydrogen) atoms. The zero-order chi connectivity index (χ0) is 8.36. The Balaban J connectivity index is 2.79. The number of thioether (sulfide) groups is 1. The van der Waals surface area contributed by atoms with Gasteiger partial charge in [0.05, 0.1) is 0 Å². The summed E-state index contributed by atoms with van der Waals surface area (Å²) >= 11 is 1.93. The zero-order valence-corrected chi connectivity index (χ0v) is 8.49. The highest BCUT2D eigenvalue weighted by atomic mass is 32.2. The predicted octanol–water partition coefficient (Wildman–Crippen LogP) is 4.04. The van der Waals surface area contributed by atoms with Crippen LogP contribution in [0.15, 0.2) is 12.2 Å². The van der Waals surface area contributed by atoms with Crippen molar-refractivity contribution < 1.29 is 0 Å². The molecule has 0 aromatic heterocycles. The molecule has 1 radical (unpaired) electrons. The first-order chi connectivity index (χ1) is 5.41. The van der Waals surface area contributed by atoms with Crippen molar-refractivity contribution in [1.82, 2.24) is 0 Å². The Labute approximate surface area is 75.5 Å². The highest BCUT2D eigenvalue weighted by Crippen LogP contribution is 2.09. The predicted molar refractivity (Wildman–Crippen MR) is 55.7 cm³/mol.